The molecule has 2 aromatic rings. The number of rotatable bonds is 5. The molecule has 0 amide bonds. The zero-order valence-electron chi connectivity index (χ0n) is 12.9. The van der Waals surface area contributed by atoms with Gasteiger partial charge in [0.1, 0.15) is 5.82 Å². The molecule has 20 heavy (non-hydrogen) atoms. The molecule has 5 nitrogen and oxygen atoms in total. The summed E-state index contributed by atoms with van der Waals surface area (Å²) in [5.41, 5.74) is 2.31. The molecule has 0 aliphatic heterocycles. The lowest BCUT2D eigenvalue weighted by Crippen LogP contribution is -2.13. The van der Waals surface area contributed by atoms with E-state index in [1.54, 1.807) is 0 Å². The second-order valence-electron chi connectivity index (χ2n) is 6.10. The van der Waals surface area contributed by atoms with Crippen LogP contribution in [0.4, 0.5) is 5.13 Å². The van der Waals surface area contributed by atoms with Crippen LogP contribution in [0.15, 0.2) is 6.07 Å². The molecule has 0 aliphatic rings. The molecule has 0 spiro atoms. The highest BCUT2D eigenvalue weighted by atomic mass is 32.1. The molecule has 0 saturated heterocycles. The number of aromatic nitrogens is 4. The van der Waals surface area contributed by atoms with Crippen molar-refractivity contribution < 1.29 is 0 Å². The van der Waals surface area contributed by atoms with E-state index in [9.17, 15) is 0 Å². The fraction of sp³-hybridized carbons (Fsp3) is 0.643. The lowest BCUT2D eigenvalue weighted by molar-refractivity contribution is 0.554. The normalized spacial score (nSPS) is 11.8. The zero-order valence-corrected chi connectivity index (χ0v) is 13.7. The first kappa shape index (κ1) is 15.0. The Bertz CT molecular complexity index is 564. The highest BCUT2D eigenvalue weighted by molar-refractivity contribution is 7.09. The molecule has 0 atom stereocenters. The van der Waals surface area contributed by atoms with Gasteiger partial charge in [0.05, 0.1) is 5.69 Å². The van der Waals surface area contributed by atoms with Crippen LogP contribution in [0.1, 0.15) is 44.4 Å². The van der Waals surface area contributed by atoms with Crippen LogP contribution in [0.5, 0.6) is 0 Å². The summed E-state index contributed by atoms with van der Waals surface area (Å²) in [4.78, 5) is 4.52. The van der Waals surface area contributed by atoms with Crippen molar-refractivity contribution in [1.29, 1.82) is 0 Å². The van der Waals surface area contributed by atoms with Crippen molar-refractivity contribution >= 4 is 16.7 Å². The van der Waals surface area contributed by atoms with Gasteiger partial charge in [-0.3, -0.25) is 4.68 Å². The van der Waals surface area contributed by atoms with E-state index in [0.717, 1.165) is 36.2 Å². The molecule has 6 heteroatoms. The van der Waals surface area contributed by atoms with Crippen LogP contribution in [-0.2, 0) is 12.0 Å². The SMILES string of the molecule is Cc1cc(C)n(CCCNc2nc(C(C)(C)C)ns2)n1. The Morgan fingerprint density at radius 2 is 2.05 bits per heavy atom. The Labute approximate surface area is 124 Å². The molecular formula is C14H23N5S. The zero-order chi connectivity index (χ0) is 14.8. The van der Waals surface area contributed by atoms with Crippen molar-refractivity contribution in [2.75, 3.05) is 11.9 Å². The summed E-state index contributed by atoms with van der Waals surface area (Å²) in [5, 5.41) is 8.70. The maximum Gasteiger partial charge on any atom is 0.202 e. The van der Waals surface area contributed by atoms with E-state index in [0.29, 0.717) is 0 Å². The monoisotopic (exact) mass is 293 g/mol. The number of hydrogen-bond donors (Lipinski definition) is 1. The summed E-state index contributed by atoms with van der Waals surface area (Å²) in [6.45, 7) is 12.3. The first-order chi connectivity index (χ1) is 9.36. The van der Waals surface area contributed by atoms with Crippen molar-refractivity contribution in [2.45, 2.75) is 53.0 Å². The van der Waals surface area contributed by atoms with Gasteiger partial charge in [0.2, 0.25) is 5.13 Å². The minimum atomic E-state index is 0.0140. The summed E-state index contributed by atoms with van der Waals surface area (Å²) in [5.74, 6) is 0.906. The van der Waals surface area contributed by atoms with E-state index in [1.807, 2.05) is 6.92 Å². The molecule has 0 aliphatic carbocycles. The Kier molecular flexibility index (Phi) is 4.42. The van der Waals surface area contributed by atoms with Gasteiger partial charge in [-0.05, 0) is 26.3 Å². The van der Waals surface area contributed by atoms with Gasteiger partial charge >= 0.3 is 0 Å². The van der Waals surface area contributed by atoms with Gasteiger partial charge in [-0.1, -0.05) is 20.8 Å². The van der Waals surface area contributed by atoms with Gasteiger partial charge in [0.15, 0.2) is 0 Å². The predicted octanol–water partition coefficient (Wildman–Crippen LogP) is 3.15. The smallest absolute Gasteiger partial charge is 0.202 e. The highest BCUT2D eigenvalue weighted by Crippen LogP contribution is 2.22. The van der Waals surface area contributed by atoms with Crippen molar-refractivity contribution in [3.05, 3.63) is 23.3 Å². The number of aryl methyl sites for hydroxylation is 3. The standard InChI is InChI=1S/C14H23N5S/c1-10-9-11(2)19(17-10)8-6-7-15-13-16-12(18-20-13)14(3,4)5/h9H,6-8H2,1-5H3,(H,15,16,18). The average molecular weight is 293 g/mol. The molecule has 110 valence electrons. The topological polar surface area (TPSA) is 55.6 Å². The maximum atomic E-state index is 4.52. The lowest BCUT2D eigenvalue weighted by Gasteiger charge is -2.12. The third-order valence-corrected chi connectivity index (χ3v) is 3.70. The molecule has 2 heterocycles. The first-order valence-corrected chi connectivity index (χ1v) is 7.73. The highest BCUT2D eigenvalue weighted by Gasteiger charge is 2.19. The van der Waals surface area contributed by atoms with Gasteiger partial charge in [0.25, 0.3) is 0 Å². The molecule has 0 unspecified atom stereocenters. The third kappa shape index (κ3) is 3.79. The van der Waals surface area contributed by atoms with Gasteiger partial charge in [-0.2, -0.15) is 9.47 Å². The van der Waals surface area contributed by atoms with E-state index in [1.165, 1.54) is 17.2 Å². The van der Waals surface area contributed by atoms with E-state index < -0.39 is 0 Å². The molecule has 1 N–H and O–H groups in total. The summed E-state index contributed by atoms with van der Waals surface area (Å²) < 4.78 is 6.45. The number of nitrogens with zero attached hydrogens (tertiary/aromatic N) is 4. The van der Waals surface area contributed by atoms with E-state index in [4.69, 9.17) is 0 Å². The van der Waals surface area contributed by atoms with Crippen LogP contribution in [-0.4, -0.2) is 25.7 Å². The second kappa shape index (κ2) is 5.91. The Morgan fingerprint density at radius 1 is 1.30 bits per heavy atom. The van der Waals surface area contributed by atoms with Crippen molar-refractivity contribution in [1.82, 2.24) is 19.1 Å². The van der Waals surface area contributed by atoms with Gasteiger partial charge in [0, 0.05) is 35.7 Å². The van der Waals surface area contributed by atoms with E-state index >= 15 is 0 Å². The van der Waals surface area contributed by atoms with Gasteiger partial charge in [-0.25, -0.2) is 4.98 Å². The van der Waals surface area contributed by atoms with Crippen LogP contribution in [0.2, 0.25) is 0 Å². The van der Waals surface area contributed by atoms with Gasteiger partial charge < -0.3 is 5.32 Å². The lowest BCUT2D eigenvalue weighted by atomic mass is 9.96. The minimum absolute atomic E-state index is 0.0140. The predicted molar refractivity (Wildman–Crippen MR) is 83.4 cm³/mol. The van der Waals surface area contributed by atoms with Crippen molar-refractivity contribution in [2.24, 2.45) is 0 Å². The molecular weight excluding hydrogens is 270 g/mol. The molecule has 0 saturated carbocycles. The van der Waals surface area contributed by atoms with Crippen LogP contribution >= 0.6 is 11.5 Å². The Hall–Kier alpha value is -1.43. The number of hydrogen-bond acceptors (Lipinski definition) is 5. The maximum absolute atomic E-state index is 4.52. The van der Waals surface area contributed by atoms with Crippen molar-refractivity contribution in [3.8, 4) is 0 Å². The second-order valence-corrected chi connectivity index (χ2v) is 6.86. The molecule has 2 aromatic heterocycles. The Balaban J connectivity index is 1.79. The van der Waals surface area contributed by atoms with Crippen LogP contribution < -0.4 is 5.32 Å². The van der Waals surface area contributed by atoms with Crippen LogP contribution in [0, 0.1) is 13.8 Å². The molecule has 0 fully saturated rings. The molecule has 0 radical (unpaired) electrons. The Morgan fingerprint density at radius 3 is 2.60 bits per heavy atom. The summed E-state index contributed by atoms with van der Waals surface area (Å²) in [6.07, 6.45) is 1.02. The average Bonchev–Trinajstić information content (AvgIpc) is 2.91. The summed E-state index contributed by atoms with van der Waals surface area (Å²) in [6, 6.07) is 2.10. The summed E-state index contributed by atoms with van der Waals surface area (Å²) in [7, 11) is 0. The first-order valence-electron chi connectivity index (χ1n) is 6.95. The van der Waals surface area contributed by atoms with Gasteiger partial charge in [-0.15, -0.1) is 0 Å². The molecule has 0 aromatic carbocycles. The largest absolute Gasteiger partial charge is 0.360 e. The third-order valence-electron chi connectivity index (χ3n) is 3.02. The van der Waals surface area contributed by atoms with Crippen molar-refractivity contribution in [3.63, 3.8) is 0 Å². The fourth-order valence-electron chi connectivity index (χ4n) is 1.93. The number of nitrogens with one attached hydrogen (secondary N) is 1. The minimum Gasteiger partial charge on any atom is -0.360 e. The molecule has 2 rings (SSSR count). The van der Waals surface area contributed by atoms with Crippen LogP contribution in [0.3, 0.4) is 0 Å². The van der Waals surface area contributed by atoms with Crippen LogP contribution in [0.25, 0.3) is 0 Å². The van der Waals surface area contributed by atoms with E-state index in [2.05, 4.69) is 58.2 Å². The quantitative estimate of drug-likeness (QED) is 0.860. The van der Waals surface area contributed by atoms with E-state index in [-0.39, 0.29) is 5.41 Å². The summed E-state index contributed by atoms with van der Waals surface area (Å²) >= 11 is 1.44. The molecule has 0 bridgehead atoms. The number of anilines is 1. The fourth-order valence-corrected chi connectivity index (χ4v) is 2.71.